The molecular formula is C11H18N4O3S. The maximum atomic E-state index is 12.1. The van der Waals surface area contributed by atoms with Gasteiger partial charge >= 0.3 is 0 Å². The van der Waals surface area contributed by atoms with Gasteiger partial charge in [0.25, 0.3) is 0 Å². The van der Waals surface area contributed by atoms with Gasteiger partial charge in [0.05, 0.1) is 0 Å². The number of pyridine rings is 1. The molecule has 1 rings (SSSR count). The van der Waals surface area contributed by atoms with Crippen LogP contribution in [0.3, 0.4) is 0 Å². The van der Waals surface area contributed by atoms with Crippen molar-refractivity contribution < 1.29 is 13.2 Å². The summed E-state index contributed by atoms with van der Waals surface area (Å²) >= 11 is 0. The van der Waals surface area contributed by atoms with Gasteiger partial charge in [0, 0.05) is 25.7 Å². The van der Waals surface area contributed by atoms with E-state index in [0.717, 1.165) is 0 Å². The fraction of sp³-hybridized carbons (Fsp3) is 0.455. The van der Waals surface area contributed by atoms with Crippen LogP contribution >= 0.6 is 0 Å². The van der Waals surface area contributed by atoms with E-state index in [9.17, 15) is 13.2 Å². The second-order valence-corrected chi connectivity index (χ2v) is 5.58. The van der Waals surface area contributed by atoms with Gasteiger partial charge in [-0.1, -0.05) is 0 Å². The van der Waals surface area contributed by atoms with E-state index in [0.29, 0.717) is 18.8 Å². The number of rotatable bonds is 8. The summed E-state index contributed by atoms with van der Waals surface area (Å²) in [5.74, 6) is -0.138. The lowest BCUT2D eigenvalue weighted by molar-refractivity contribution is -0.118. The van der Waals surface area contributed by atoms with Gasteiger partial charge in [0.15, 0.2) is 0 Å². The number of carbonyl (C=O) groups excluding carboxylic acids is 1. The molecule has 0 fully saturated rings. The number of aromatic nitrogens is 1. The van der Waals surface area contributed by atoms with E-state index in [1.54, 1.807) is 6.07 Å². The summed E-state index contributed by atoms with van der Waals surface area (Å²) in [6.07, 6.45) is 2.03. The Bertz CT molecular complexity index is 530. The average Bonchev–Trinajstić information content (AvgIpc) is 2.35. The molecule has 0 aliphatic heterocycles. The first-order valence-corrected chi connectivity index (χ1v) is 7.42. The fourth-order valence-corrected chi connectivity index (χ4v) is 2.66. The van der Waals surface area contributed by atoms with E-state index in [4.69, 9.17) is 5.73 Å². The van der Waals surface area contributed by atoms with Gasteiger partial charge in [0.1, 0.15) is 10.7 Å². The van der Waals surface area contributed by atoms with Gasteiger partial charge in [-0.3, -0.25) is 4.79 Å². The third kappa shape index (κ3) is 4.84. The lowest BCUT2D eigenvalue weighted by Gasteiger charge is -2.10. The van der Waals surface area contributed by atoms with E-state index in [2.05, 4.69) is 15.0 Å². The molecule has 1 aromatic rings. The molecule has 1 aromatic heterocycles. The summed E-state index contributed by atoms with van der Waals surface area (Å²) in [5, 5.41) is 2.89. The van der Waals surface area contributed by atoms with Crippen LogP contribution in [0.5, 0.6) is 0 Å². The molecule has 1 amide bonds. The molecule has 0 unspecified atom stereocenters. The zero-order chi connectivity index (χ0) is 14.3. The summed E-state index contributed by atoms with van der Waals surface area (Å²) < 4.78 is 26.5. The molecule has 0 bridgehead atoms. The predicted molar refractivity (Wildman–Crippen MR) is 72.0 cm³/mol. The molecule has 0 saturated heterocycles. The third-order valence-electron chi connectivity index (χ3n) is 2.30. The van der Waals surface area contributed by atoms with Gasteiger partial charge in [-0.25, -0.2) is 18.1 Å². The minimum atomic E-state index is -3.64. The average molecular weight is 286 g/mol. The topological polar surface area (TPSA) is 114 Å². The molecular weight excluding hydrogens is 268 g/mol. The first-order valence-electron chi connectivity index (χ1n) is 5.94. The van der Waals surface area contributed by atoms with Crippen LogP contribution in [0.2, 0.25) is 0 Å². The molecule has 7 nitrogen and oxygen atoms in total. The number of anilines is 1. The van der Waals surface area contributed by atoms with Gasteiger partial charge in [-0.15, -0.1) is 0 Å². The number of nitrogens with zero attached hydrogens (tertiary/aromatic N) is 1. The number of nitrogens with two attached hydrogens (primary N) is 1. The highest BCUT2D eigenvalue weighted by molar-refractivity contribution is 7.89. The predicted octanol–water partition coefficient (Wildman–Crippen LogP) is 0.0572. The second-order valence-electron chi connectivity index (χ2n) is 3.85. The standard InChI is InChI=1S/C11H18N4O3S/c1-2-13-11-9(5-3-7-14-11)19(17,18)15-8-4-6-10(12)16/h3,5,7,15H,2,4,6,8H2,1H3,(H2,12,16)(H,13,14). The van der Waals surface area contributed by atoms with Crippen molar-refractivity contribution in [2.45, 2.75) is 24.7 Å². The second kappa shape index (κ2) is 7.05. The Morgan fingerprint density at radius 1 is 1.47 bits per heavy atom. The third-order valence-corrected chi connectivity index (χ3v) is 3.79. The summed E-state index contributed by atoms with van der Waals surface area (Å²) in [6, 6.07) is 3.03. The van der Waals surface area contributed by atoms with Crippen LogP contribution < -0.4 is 15.8 Å². The lowest BCUT2D eigenvalue weighted by atomic mass is 10.3. The molecule has 0 aromatic carbocycles. The lowest BCUT2D eigenvalue weighted by Crippen LogP contribution is -2.27. The van der Waals surface area contributed by atoms with Crippen molar-refractivity contribution in [3.8, 4) is 0 Å². The first-order chi connectivity index (χ1) is 8.97. The largest absolute Gasteiger partial charge is 0.370 e. The van der Waals surface area contributed by atoms with E-state index >= 15 is 0 Å². The van der Waals surface area contributed by atoms with E-state index in [1.807, 2.05) is 6.92 Å². The van der Waals surface area contributed by atoms with Crippen molar-refractivity contribution in [1.29, 1.82) is 0 Å². The molecule has 0 radical (unpaired) electrons. The smallest absolute Gasteiger partial charge is 0.244 e. The van der Waals surface area contributed by atoms with Gasteiger partial charge in [0.2, 0.25) is 15.9 Å². The SMILES string of the molecule is CCNc1ncccc1S(=O)(=O)NCCCC(N)=O. The maximum absolute atomic E-state index is 12.1. The number of nitrogens with one attached hydrogen (secondary N) is 2. The molecule has 19 heavy (non-hydrogen) atoms. The summed E-state index contributed by atoms with van der Waals surface area (Å²) in [7, 11) is -3.64. The summed E-state index contributed by atoms with van der Waals surface area (Å²) in [6.45, 7) is 2.58. The minimum Gasteiger partial charge on any atom is -0.370 e. The van der Waals surface area contributed by atoms with Crippen LogP contribution in [-0.2, 0) is 14.8 Å². The molecule has 106 valence electrons. The highest BCUT2D eigenvalue weighted by atomic mass is 32.2. The first kappa shape index (κ1) is 15.4. The maximum Gasteiger partial charge on any atom is 0.244 e. The molecule has 0 atom stereocenters. The van der Waals surface area contributed by atoms with Crippen LogP contribution in [0.4, 0.5) is 5.82 Å². The van der Waals surface area contributed by atoms with Crippen LogP contribution in [0.25, 0.3) is 0 Å². The Balaban J connectivity index is 2.74. The van der Waals surface area contributed by atoms with Crippen molar-refractivity contribution in [3.63, 3.8) is 0 Å². The zero-order valence-electron chi connectivity index (χ0n) is 10.7. The van der Waals surface area contributed by atoms with Gasteiger partial charge < -0.3 is 11.1 Å². The highest BCUT2D eigenvalue weighted by Gasteiger charge is 2.18. The molecule has 4 N–H and O–H groups in total. The molecule has 0 saturated carbocycles. The van der Waals surface area contributed by atoms with Crippen molar-refractivity contribution in [2.24, 2.45) is 5.73 Å². The Morgan fingerprint density at radius 3 is 2.84 bits per heavy atom. The van der Waals surface area contributed by atoms with Crippen LogP contribution in [-0.4, -0.2) is 32.4 Å². The van der Waals surface area contributed by atoms with Crippen molar-refractivity contribution in [3.05, 3.63) is 18.3 Å². The van der Waals surface area contributed by atoms with E-state index < -0.39 is 15.9 Å². The van der Waals surface area contributed by atoms with E-state index in [1.165, 1.54) is 12.3 Å². The van der Waals surface area contributed by atoms with Crippen molar-refractivity contribution >= 4 is 21.7 Å². The summed E-state index contributed by atoms with van der Waals surface area (Å²) in [4.78, 5) is 14.6. The number of sulfonamides is 1. The number of primary amides is 1. The van der Waals surface area contributed by atoms with Crippen LogP contribution in [0.1, 0.15) is 19.8 Å². The Hall–Kier alpha value is -1.67. The monoisotopic (exact) mass is 286 g/mol. The number of amides is 1. The number of carbonyl (C=O) groups is 1. The quantitative estimate of drug-likeness (QED) is 0.584. The zero-order valence-corrected chi connectivity index (χ0v) is 11.5. The fourth-order valence-electron chi connectivity index (χ4n) is 1.45. The molecule has 8 heteroatoms. The molecule has 0 spiro atoms. The van der Waals surface area contributed by atoms with Crippen molar-refractivity contribution in [1.82, 2.24) is 9.71 Å². The van der Waals surface area contributed by atoms with Crippen LogP contribution in [0, 0.1) is 0 Å². The molecule has 1 heterocycles. The number of hydrogen-bond acceptors (Lipinski definition) is 5. The van der Waals surface area contributed by atoms with E-state index in [-0.39, 0.29) is 17.9 Å². The highest BCUT2D eigenvalue weighted by Crippen LogP contribution is 2.17. The Morgan fingerprint density at radius 2 is 2.21 bits per heavy atom. The van der Waals surface area contributed by atoms with Crippen LogP contribution in [0.15, 0.2) is 23.2 Å². The number of hydrogen-bond donors (Lipinski definition) is 3. The molecule has 0 aliphatic carbocycles. The Labute approximate surface area is 112 Å². The van der Waals surface area contributed by atoms with Gasteiger partial charge in [-0.05, 0) is 25.5 Å². The Kier molecular flexibility index (Phi) is 5.71. The summed E-state index contributed by atoms with van der Waals surface area (Å²) in [5.41, 5.74) is 4.98. The normalized spacial score (nSPS) is 11.2. The minimum absolute atomic E-state index is 0.0934. The van der Waals surface area contributed by atoms with Crippen molar-refractivity contribution in [2.75, 3.05) is 18.4 Å². The molecule has 0 aliphatic rings. The van der Waals surface area contributed by atoms with Gasteiger partial charge in [-0.2, -0.15) is 0 Å².